The highest BCUT2D eigenvalue weighted by atomic mass is 16.5. The minimum Gasteiger partial charge on any atom is -0.385 e. The molecule has 15 heavy (non-hydrogen) atoms. The van der Waals surface area contributed by atoms with Crippen molar-refractivity contribution in [1.82, 2.24) is 5.32 Å². The van der Waals surface area contributed by atoms with E-state index in [4.69, 9.17) is 15.2 Å². The van der Waals surface area contributed by atoms with Crippen LogP contribution in [0, 0.1) is 0 Å². The maximum Gasteiger partial charge on any atom is 0.0646 e. The number of methoxy groups -OCH3 is 1. The molecule has 2 unspecified atom stereocenters. The Morgan fingerprint density at radius 2 is 2.40 bits per heavy atom. The lowest BCUT2D eigenvalue weighted by atomic mass is 10.0. The standard InChI is InChI=1S/C11H24N2O2/c1-11(5-7-15-9-11)13-8-10(12)4-3-6-14-2/h10,13H,3-9,12H2,1-2H3. The molecule has 4 nitrogen and oxygen atoms in total. The van der Waals surface area contributed by atoms with E-state index < -0.39 is 0 Å². The SMILES string of the molecule is COCCCC(N)CNC1(C)CCOC1. The number of hydrogen-bond acceptors (Lipinski definition) is 4. The van der Waals surface area contributed by atoms with Gasteiger partial charge in [-0.1, -0.05) is 0 Å². The molecule has 2 atom stereocenters. The van der Waals surface area contributed by atoms with Gasteiger partial charge in [-0.15, -0.1) is 0 Å². The van der Waals surface area contributed by atoms with Gasteiger partial charge < -0.3 is 20.5 Å². The second-order valence-electron chi connectivity index (χ2n) is 4.64. The fraction of sp³-hybridized carbons (Fsp3) is 1.00. The first-order chi connectivity index (χ1) is 7.16. The van der Waals surface area contributed by atoms with Crippen LogP contribution in [0.3, 0.4) is 0 Å². The van der Waals surface area contributed by atoms with E-state index >= 15 is 0 Å². The van der Waals surface area contributed by atoms with Gasteiger partial charge in [-0.2, -0.15) is 0 Å². The molecule has 0 bridgehead atoms. The molecule has 0 aromatic heterocycles. The van der Waals surface area contributed by atoms with Crippen LogP contribution in [0.25, 0.3) is 0 Å². The maximum absolute atomic E-state index is 5.99. The molecule has 4 heteroatoms. The van der Waals surface area contributed by atoms with E-state index in [2.05, 4.69) is 12.2 Å². The van der Waals surface area contributed by atoms with Crippen molar-refractivity contribution in [2.75, 3.05) is 33.5 Å². The highest BCUT2D eigenvalue weighted by Crippen LogP contribution is 2.17. The first-order valence-corrected chi connectivity index (χ1v) is 5.73. The molecule has 3 N–H and O–H groups in total. The molecular weight excluding hydrogens is 192 g/mol. The molecule has 1 heterocycles. The van der Waals surface area contributed by atoms with Crippen molar-refractivity contribution in [3.05, 3.63) is 0 Å². The Hall–Kier alpha value is -0.160. The molecule has 1 aliphatic heterocycles. The van der Waals surface area contributed by atoms with Gasteiger partial charge >= 0.3 is 0 Å². The summed E-state index contributed by atoms with van der Waals surface area (Å²) in [6.45, 7) is 5.53. The summed E-state index contributed by atoms with van der Waals surface area (Å²) < 4.78 is 10.4. The van der Waals surface area contributed by atoms with Crippen LogP contribution in [0.1, 0.15) is 26.2 Å². The topological polar surface area (TPSA) is 56.5 Å². The predicted molar refractivity (Wildman–Crippen MR) is 60.9 cm³/mol. The number of nitrogens with one attached hydrogen (secondary N) is 1. The van der Waals surface area contributed by atoms with Crippen molar-refractivity contribution in [2.45, 2.75) is 37.8 Å². The average molecular weight is 216 g/mol. The summed E-state index contributed by atoms with van der Waals surface area (Å²) in [5.41, 5.74) is 6.13. The predicted octanol–water partition coefficient (Wildman–Crippen LogP) is 0.509. The molecule has 0 aromatic rings. The van der Waals surface area contributed by atoms with Gasteiger partial charge in [0.2, 0.25) is 0 Å². The number of ether oxygens (including phenoxy) is 2. The molecule has 0 aromatic carbocycles. The first-order valence-electron chi connectivity index (χ1n) is 5.73. The van der Waals surface area contributed by atoms with Crippen LogP contribution in [0.15, 0.2) is 0 Å². The van der Waals surface area contributed by atoms with Crippen molar-refractivity contribution in [2.24, 2.45) is 5.73 Å². The Bertz CT molecular complexity index is 170. The van der Waals surface area contributed by atoms with Gasteiger partial charge in [0.1, 0.15) is 0 Å². The van der Waals surface area contributed by atoms with E-state index in [1.54, 1.807) is 7.11 Å². The average Bonchev–Trinajstić information content (AvgIpc) is 2.64. The molecule has 0 aliphatic carbocycles. The third-order valence-corrected chi connectivity index (χ3v) is 2.93. The normalized spacial score (nSPS) is 28.2. The zero-order valence-electron chi connectivity index (χ0n) is 9.92. The monoisotopic (exact) mass is 216 g/mol. The number of nitrogens with two attached hydrogens (primary N) is 1. The van der Waals surface area contributed by atoms with Crippen LogP contribution in [-0.2, 0) is 9.47 Å². The lowest BCUT2D eigenvalue weighted by Gasteiger charge is -2.25. The second-order valence-corrected chi connectivity index (χ2v) is 4.64. The van der Waals surface area contributed by atoms with E-state index in [-0.39, 0.29) is 11.6 Å². The molecule has 0 saturated carbocycles. The van der Waals surface area contributed by atoms with Crippen LogP contribution in [0.4, 0.5) is 0 Å². The van der Waals surface area contributed by atoms with E-state index in [0.717, 1.165) is 45.6 Å². The zero-order valence-corrected chi connectivity index (χ0v) is 9.92. The summed E-state index contributed by atoms with van der Waals surface area (Å²) in [5, 5.41) is 3.49. The summed E-state index contributed by atoms with van der Waals surface area (Å²) in [4.78, 5) is 0. The summed E-state index contributed by atoms with van der Waals surface area (Å²) >= 11 is 0. The van der Waals surface area contributed by atoms with E-state index in [9.17, 15) is 0 Å². The van der Waals surface area contributed by atoms with Gasteiger partial charge in [0, 0.05) is 38.4 Å². The molecule has 1 aliphatic rings. The summed E-state index contributed by atoms with van der Waals surface area (Å²) in [6, 6.07) is 0.220. The van der Waals surface area contributed by atoms with Gasteiger partial charge in [-0.05, 0) is 26.2 Å². The Morgan fingerprint density at radius 3 is 3.00 bits per heavy atom. The Labute approximate surface area is 92.5 Å². The molecule has 90 valence electrons. The molecule has 1 saturated heterocycles. The van der Waals surface area contributed by atoms with Crippen molar-refractivity contribution in [3.63, 3.8) is 0 Å². The molecule has 0 spiro atoms. The van der Waals surface area contributed by atoms with Gasteiger partial charge in [0.05, 0.1) is 6.61 Å². The first kappa shape index (κ1) is 12.9. The van der Waals surface area contributed by atoms with Crippen molar-refractivity contribution in [1.29, 1.82) is 0 Å². The van der Waals surface area contributed by atoms with Crippen LogP contribution >= 0.6 is 0 Å². The highest BCUT2D eigenvalue weighted by Gasteiger charge is 2.29. The van der Waals surface area contributed by atoms with E-state index in [1.165, 1.54) is 0 Å². The van der Waals surface area contributed by atoms with Crippen molar-refractivity contribution < 1.29 is 9.47 Å². The van der Waals surface area contributed by atoms with Gasteiger partial charge in [0.15, 0.2) is 0 Å². The van der Waals surface area contributed by atoms with Gasteiger partial charge in [-0.3, -0.25) is 0 Å². The lowest BCUT2D eigenvalue weighted by Crippen LogP contribution is -2.48. The largest absolute Gasteiger partial charge is 0.385 e. The number of rotatable bonds is 7. The maximum atomic E-state index is 5.99. The van der Waals surface area contributed by atoms with Crippen molar-refractivity contribution >= 4 is 0 Å². The third-order valence-electron chi connectivity index (χ3n) is 2.93. The van der Waals surface area contributed by atoms with Gasteiger partial charge in [-0.25, -0.2) is 0 Å². The molecule has 0 amide bonds. The Balaban J connectivity index is 2.07. The van der Waals surface area contributed by atoms with Crippen LogP contribution in [-0.4, -0.2) is 45.1 Å². The van der Waals surface area contributed by atoms with Crippen molar-refractivity contribution in [3.8, 4) is 0 Å². The lowest BCUT2D eigenvalue weighted by molar-refractivity contribution is 0.169. The van der Waals surface area contributed by atoms with Crippen LogP contribution in [0.2, 0.25) is 0 Å². The number of hydrogen-bond donors (Lipinski definition) is 2. The fourth-order valence-corrected chi connectivity index (χ4v) is 1.78. The fourth-order valence-electron chi connectivity index (χ4n) is 1.78. The van der Waals surface area contributed by atoms with Crippen LogP contribution in [0.5, 0.6) is 0 Å². The molecule has 1 fully saturated rings. The zero-order chi connectivity index (χ0) is 11.1. The summed E-state index contributed by atoms with van der Waals surface area (Å²) in [7, 11) is 1.72. The quantitative estimate of drug-likeness (QED) is 0.609. The third kappa shape index (κ3) is 4.93. The van der Waals surface area contributed by atoms with E-state index in [1.807, 2.05) is 0 Å². The molecule has 1 rings (SSSR count). The Kier molecular flexibility index (Phi) is 5.53. The summed E-state index contributed by atoms with van der Waals surface area (Å²) in [5.74, 6) is 0. The molecular formula is C11H24N2O2. The highest BCUT2D eigenvalue weighted by molar-refractivity contribution is 4.87. The molecule has 0 radical (unpaired) electrons. The summed E-state index contributed by atoms with van der Waals surface area (Å²) in [6.07, 6.45) is 3.13. The van der Waals surface area contributed by atoms with E-state index in [0.29, 0.717) is 0 Å². The van der Waals surface area contributed by atoms with Gasteiger partial charge in [0.25, 0.3) is 0 Å². The van der Waals surface area contributed by atoms with Crippen LogP contribution < -0.4 is 11.1 Å². The second kappa shape index (κ2) is 6.43. The minimum absolute atomic E-state index is 0.138. The smallest absolute Gasteiger partial charge is 0.0646 e. The minimum atomic E-state index is 0.138. The Morgan fingerprint density at radius 1 is 1.60 bits per heavy atom.